The molecule has 0 unspecified atom stereocenters. The monoisotopic (exact) mass is 480 g/mol. The summed E-state index contributed by atoms with van der Waals surface area (Å²) in [5, 5.41) is 14.8. The molecule has 2 amide bonds. The number of carbonyl (C=O) groups is 3. The molecular formula is C27H32N2O6. The van der Waals surface area contributed by atoms with E-state index in [1.165, 1.54) is 0 Å². The van der Waals surface area contributed by atoms with Crippen molar-refractivity contribution >= 4 is 18.0 Å². The molecule has 8 nitrogen and oxygen atoms in total. The number of ether oxygens (including phenoxy) is 2. The highest BCUT2D eigenvalue weighted by Crippen LogP contribution is 2.44. The number of hydrogen-bond acceptors (Lipinski definition) is 5. The van der Waals surface area contributed by atoms with Crippen LogP contribution in [0.5, 0.6) is 0 Å². The Bertz CT molecular complexity index is 1060. The summed E-state index contributed by atoms with van der Waals surface area (Å²) in [7, 11) is 0. The second-order valence-corrected chi connectivity index (χ2v) is 10.2. The molecule has 1 aliphatic heterocycles. The number of carbonyl (C=O) groups excluding carboxylic acids is 2. The van der Waals surface area contributed by atoms with Crippen LogP contribution in [0.4, 0.5) is 4.79 Å². The van der Waals surface area contributed by atoms with E-state index in [-0.39, 0.29) is 25.0 Å². The van der Waals surface area contributed by atoms with Crippen molar-refractivity contribution in [2.45, 2.75) is 45.3 Å². The molecule has 0 saturated carbocycles. The van der Waals surface area contributed by atoms with Crippen LogP contribution in [0, 0.1) is 11.3 Å². The number of alkyl carbamates (subject to hydrolysis) is 1. The zero-order valence-electron chi connectivity index (χ0n) is 20.2. The van der Waals surface area contributed by atoms with Crippen LogP contribution in [0.1, 0.15) is 44.2 Å². The maximum absolute atomic E-state index is 12.8. The van der Waals surface area contributed by atoms with Crippen LogP contribution >= 0.6 is 0 Å². The Kier molecular flexibility index (Phi) is 7.12. The van der Waals surface area contributed by atoms with Gasteiger partial charge in [0.05, 0.1) is 0 Å². The predicted molar refractivity (Wildman–Crippen MR) is 130 cm³/mol. The number of carboxylic acid groups (broad SMARTS) is 1. The maximum Gasteiger partial charge on any atom is 0.407 e. The summed E-state index contributed by atoms with van der Waals surface area (Å²) in [6.07, 6.45) is -0.807. The third-order valence-electron chi connectivity index (χ3n) is 6.72. The normalized spacial score (nSPS) is 20.0. The van der Waals surface area contributed by atoms with Gasteiger partial charge in [-0.25, -0.2) is 9.59 Å². The second-order valence-electron chi connectivity index (χ2n) is 10.2. The Hall–Kier alpha value is -3.39. The van der Waals surface area contributed by atoms with Crippen LogP contribution in [0.3, 0.4) is 0 Å². The molecule has 1 fully saturated rings. The number of rotatable bonds is 7. The first-order valence-electron chi connectivity index (χ1n) is 11.9. The van der Waals surface area contributed by atoms with E-state index >= 15 is 0 Å². The van der Waals surface area contributed by atoms with Crippen LogP contribution in [-0.2, 0) is 19.1 Å². The molecule has 35 heavy (non-hydrogen) atoms. The van der Waals surface area contributed by atoms with Crippen LogP contribution in [-0.4, -0.2) is 55.0 Å². The highest BCUT2D eigenvalue weighted by atomic mass is 16.5. The summed E-state index contributed by atoms with van der Waals surface area (Å²) < 4.78 is 11.1. The zero-order chi connectivity index (χ0) is 25.2. The number of amides is 2. The average Bonchev–Trinajstić information content (AvgIpc) is 3.41. The molecule has 3 atom stereocenters. The fourth-order valence-electron chi connectivity index (χ4n) is 4.87. The zero-order valence-corrected chi connectivity index (χ0v) is 20.2. The van der Waals surface area contributed by atoms with Gasteiger partial charge in [0, 0.05) is 25.0 Å². The van der Waals surface area contributed by atoms with Crippen LogP contribution in [0.2, 0.25) is 0 Å². The summed E-state index contributed by atoms with van der Waals surface area (Å²) >= 11 is 0. The molecule has 0 radical (unpaired) electrons. The summed E-state index contributed by atoms with van der Waals surface area (Å²) in [4.78, 5) is 36.9. The smallest absolute Gasteiger partial charge is 0.407 e. The lowest BCUT2D eigenvalue weighted by atomic mass is 9.86. The van der Waals surface area contributed by atoms with Gasteiger partial charge < -0.3 is 25.2 Å². The molecule has 1 heterocycles. The van der Waals surface area contributed by atoms with Crippen molar-refractivity contribution < 1.29 is 29.0 Å². The molecule has 8 heteroatoms. The number of fused-ring (bicyclic) bond motifs is 3. The molecular weight excluding hydrogens is 448 g/mol. The van der Waals surface area contributed by atoms with E-state index in [9.17, 15) is 19.5 Å². The van der Waals surface area contributed by atoms with E-state index in [2.05, 4.69) is 34.9 Å². The van der Waals surface area contributed by atoms with E-state index in [1.54, 1.807) is 20.8 Å². The van der Waals surface area contributed by atoms with Crippen molar-refractivity contribution in [2.75, 3.05) is 19.8 Å². The molecule has 1 aliphatic carbocycles. The summed E-state index contributed by atoms with van der Waals surface area (Å²) in [6.45, 7) is 6.01. The molecule has 1 saturated heterocycles. The van der Waals surface area contributed by atoms with Gasteiger partial charge in [-0.15, -0.1) is 0 Å². The van der Waals surface area contributed by atoms with Gasteiger partial charge in [-0.05, 0) is 34.1 Å². The van der Waals surface area contributed by atoms with Gasteiger partial charge in [-0.2, -0.15) is 0 Å². The minimum absolute atomic E-state index is 0.0353. The van der Waals surface area contributed by atoms with Gasteiger partial charge in [0.2, 0.25) is 5.91 Å². The SMILES string of the molecule is CC(C)(C)[C@@H](NC(=O)[C@@H]1OCC[C@@H]1CNC(=O)OCC1c2ccccc2-c2ccccc21)C(=O)O. The number of nitrogens with one attached hydrogen (secondary N) is 2. The highest BCUT2D eigenvalue weighted by molar-refractivity contribution is 5.87. The lowest BCUT2D eigenvalue weighted by Gasteiger charge is -2.29. The van der Waals surface area contributed by atoms with Crippen molar-refractivity contribution in [2.24, 2.45) is 11.3 Å². The first-order chi connectivity index (χ1) is 16.7. The molecule has 0 spiro atoms. The van der Waals surface area contributed by atoms with Crippen molar-refractivity contribution in [3.8, 4) is 11.1 Å². The lowest BCUT2D eigenvalue weighted by Crippen LogP contribution is -2.53. The predicted octanol–water partition coefficient (Wildman–Crippen LogP) is 3.55. The van der Waals surface area contributed by atoms with Crippen molar-refractivity contribution in [3.05, 3.63) is 59.7 Å². The van der Waals surface area contributed by atoms with E-state index in [0.717, 1.165) is 22.3 Å². The van der Waals surface area contributed by atoms with Crippen LogP contribution in [0.25, 0.3) is 11.1 Å². The third-order valence-corrected chi connectivity index (χ3v) is 6.72. The molecule has 0 bridgehead atoms. The summed E-state index contributed by atoms with van der Waals surface area (Å²) in [5.74, 6) is -1.89. The van der Waals surface area contributed by atoms with E-state index in [1.807, 2.05) is 24.3 Å². The molecule has 0 aromatic heterocycles. The second kappa shape index (κ2) is 10.1. The summed E-state index contributed by atoms with van der Waals surface area (Å²) in [6, 6.07) is 15.2. The third kappa shape index (κ3) is 5.32. The van der Waals surface area contributed by atoms with E-state index in [0.29, 0.717) is 13.0 Å². The number of benzene rings is 2. The topological polar surface area (TPSA) is 114 Å². The fourth-order valence-corrected chi connectivity index (χ4v) is 4.87. The van der Waals surface area contributed by atoms with Crippen molar-refractivity contribution in [1.82, 2.24) is 10.6 Å². The van der Waals surface area contributed by atoms with Gasteiger partial charge in [-0.1, -0.05) is 69.3 Å². The number of hydrogen-bond donors (Lipinski definition) is 3. The molecule has 4 rings (SSSR count). The Balaban J connectivity index is 1.32. The largest absolute Gasteiger partial charge is 0.480 e. The van der Waals surface area contributed by atoms with Gasteiger partial charge in [0.15, 0.2) is 0 Å². The Labute approximate surface area is 205 Å². The van der Waals surface area contributed by atoms with Gasteiger partial charge in [-0.3, -0.25) is 4.79 Å². The minimum atomic E-state index is -1.10. The Morgan fingerprint density at radius 3 is 2.23 bits per heavy atom. The molecule has 3 N–H and O–H groups in total. The Morgan fingerprint density at radius 1 is 1.06 bits per heavy atom. The molecule has 2 aliphatic rings. The van der Waals surface area contributed by atoms with Gasteiger partial charge >= 0.3 is 12.1 Å². The number of carboxylic acids is 1. The van der Waals surface area contributed by atoms with Crippen LogP contribution < -0.4 is 10.6 Å². The highest BCUT2D eigenvalue weighted by Gasteiger charge is 2.39. The Morgan fingerprint density at radius 2 is 1.66 bits per heavy atom. The standard InChI is InChI=1S/C27H32N2O6/c1-27(2,3)23(25(31)32)29-24(30)22-16(12-13-34-22)14-28-26(33)35-15-21-19-10-6-4-8-17(19)18-9-5-7-11-20(18)21/h4-11,16,21-23H,12-15H2,1-3H3,(H,28,33)(H,29,30)(H,31,32)/t16-,22-,23+/m1/s1. The van der Waals surface area contributed by atoms with Crippen LogP contribution in [0.15, 0.2) is 48.5 Å². The van der Waals surface area contributed by atoms with Crippen molar-refractivity contribution in [1.29, 1.82) is 0 Å². The quantitative estimate of drug-likeness (QED) is 0.559. The maximum atomic E-state index is 12.8. The fraction of sp³-hybridized carbons (Fsp3) is 0.444. The molecule has 2 aromatic carbocycles. The van der Waals surface area contributed by atoms with Gasteiger partial charge in [0.25, 0.3) is 0 Å². The minimum Gasteiger partial charge on any atom is -0.480 e. The lowest BCUT2D eigenvalue weighted by molar-refractivity contribution is -0.147. The van der Waals surface area contributed by atoms with E-state index in [4.69, 9.17) is 9.47 Å². The molecule has 186 valence electrons. The number of aliphatic carboxylic acids is 1. The van der Waals surface area contributed by atoms with Gasteiger partial charge in [0.1, 0.15) is 18.8 Å². The van der Waals surface area contributed by atoms with Crippen molar-refractivity contribution in [3.63, 3.8) is 0 Å². The van der Waals surface area contributed by atoms with E-state index < -0.39 is 35.5 Å². The average molecular weight is 481 g/mol. The first kappa shape index (κ1) is 24.7. The molecule has 2 aromatic rings. The summed E-state index contributed by atoms with van der Waals surface area (Å²) in [5.41, 5.74) is 3.92. The first-order valence-corrected chi connectivity index (χ1v) is 11.9.